The second kappa shape index (κ2) is 12.8. The minimum absolute atomic E-state index is 0.209. The normalized spacial score (nSPS) is 12.7. The van der Waals surface area contributed by atoms with Crippen LogP contribution in [-0.4, -0.2) is 40.1 Å². The third-order valence-corrected chi connectivity index (χ3v) is 5.71. The summed E-state index contributed by atoms with van der Waals surface area (Å²) in [6.07, 6.45) is 3.29. The van der Waals surface area contributed by atoms with E-state index < -0.39 is 17.1 Å². The van der Waals surface area contributed by atoms with Crippen LogP contribution in [-0.2, 0) is 22.4 Å². The highest BCUT2D eigenvalue weighted by Crippen LogP contribution is 2.22. The minimum atomic E-state index is -2.69. The van der Waals surface area contributed by atoms with Crippen molar-refractivity contribution < 1.29 is 27.3 Å². The third kappa shape index (κ3) is 9.93. The van der Waals surface area contributed by atoms with Gasteiger partial charge < -0.3 is 13.3 Å². The quantitative estimate of drug-likeness (QED) is 0.300. The molecule has 1 unspecified atom stereocenters. The maximum atomic E-state index is 10.5. The maximum Gasteiger partial charge on any atom is 0.694 e. The highest BCUT2D eigenvalue weighted by atomic mass is 31.1. The Labute approximate surface area is 124 Å². The van der Waals surface area contributed by atoms with E-state index in [1.165, 1.54) is 0 Å². The molecule has 0 saturated carbocycles. The van der Waals surface area contributed by atoms with Crippen molar-refractivity contribution in [2.75, 3.05) is 26.4 Å². The van der Waals surface area contributed by atoms with E-state index in [4.69, 9.17) is 18.2 Å². The van der Waals surface area contributed by atoms with Crippen LogP contribution < -0.4 is 0 Å². The van der Waals surface area contributed by atoms with Crippen molar-refractivity contribution in [3.05, 3.63) is 0 Å². The lowest BCUT2D eigenvalue weighted by Crippen LogP contribution is -2.46. The highest BCUT2D eigenvalue weighted by Gasteiger charge is 2.40. The van der Waals surface area contributed by atoms with Gasteiger partial charge in [-0.05, 0) is 25.7 Å². The third-order valence-electron chi connectivity index (χ3n) is 2.41. The van der Waals surface area contributed by atoms with E-state index in [1.807, 2.05) is 20.8 Å². The summed E-state index contributed by atoms with van der Waals surface area (Å²) in [4.78, 5) is 8.61. The van der Waals surface area contributed by atoms with E-state index in [9.17, 15) is 4.57 Å². The molecule has 0 aliphatic rings. The molecule has 0 saturated heterocycles. The Hall–Kier alpha value is 0.117. The first-order valence-electron chi connectivity index (χ1n) is 7.31. The van der Waals surface area contributed by atoms with Gasteiger partial charge in [-0.2, -0.15) is 0 Å². The van der Waals surface area contributed by atoms with E-state index in [-0.39, 0.29) is 6.61 Å². The van der Waals surface area contributed by atoms with E-state index in [2.05, 4.69) is 4.52 Å². The predicted molar refractivity (Wildman–Crippen MR) is 79.7 cm³/mol. The SMILES string of the molecule is CCCO[Si](CCCO[P+](=O)O)(OCCC)OCCC. The van der Waals surface area contributed by atoms with Gasteiger partial charge >= 0.3 is 17.1 Å². The van der Waals surface area contributed by atoms with Gasteiger partial charge in [-0.15, -0.1) is 9.42 Å². The first-order valence-corrected chi connectivity index (χ1v) is 10.4. The Kier molecular flexibility index (Phi) is 12.9. The number of hydrogen-bond donors (Lipinski definition) is 1. The van der Waals surface area contributed by atoms with Crippen LogP contribution in [0, 0.1) is 0 Å². The van der Waals surface area contributed by atoms with Crippen molar-refractivity contribution in [2.45, 2.75) is 52.5 Å². The molecule has 0 aliphatic heterocycles. The summed E-state index contributed by atoms with van der Waals surface area (Å²) in [5.74, 6) is 0. The van der Waals surface area contributed by atoms with E-state index >= 15 is 0 Å². The fourth-order valence-corrected chi connectivity index (χ4v) is 4.64. The standard InChI is InChI=1S/C12H27O6PSi/c1-4-8-16-20(17-9-5-2,18-10-6-3)12-7-11-15-19(13)14/h4-12H2,1-3H3/p+1. The van der Waals surface area contributed by atoms with Crippen LogP contribution in [0.25, 0.3) is 0 Å². The minimum Gasteiger partial charge on any atom is -0.373 e. The van der Waals surface area contributed by atoms with Crippen molar-refractivity contribution >= 4 is 17.1 Å². The summed E-state index contributed by atoms with van der Waals surface area (Å²) in [5.41, 5.74) is 0. The molecule has 0 aliphatic carbocycles. The Balaban J connectivity index is 4.44. The van der Waals surface area contributed by atoms with E-state index in [1.54, 1.807) is 0 Å². The van der Waals surface area contributed by atoms with Crippen LogP contribution >= 0.6 is 8.25 Å². The molecular formula is C12H28O6PSi+. The molecule has 0 aromatic heterocycles. The molecule has 1 atom stereocenters. The Morgan fingerprint density at radius 1 is 0.900 bits per heavy atom. The molecule has 0 radical (unpaired) electrons. The average Bonchev–Trinajstić information content (AvgIpc) is 2.44. The molecule has 8 heteroatoms. The van der Waals surface area contributed by atoms with E-state index in [0.29, 0.717) is 32.3 Å². The molecule has 0 spiro atoms. The summed E-state index contributed by atoms with van der Waals surface area (Å²) < 4.78 is 32.8. The van der Waals surface area contributed by atoms with Crippen LogP contribution in [0.3, 0.4) is 0 Å². The molecule has 0 bridgehead atoms. The first kappa shape index (κ1) is 20.1. The predicted octanol–water partition coefficient (Wildman–Crippen LogP) is 3.26. The zero-order valence-corrected chi connectivity index (χ0v) is 14.7. The zero-order valence-electron chi connectivity index (χ0n) is 12.8. The summed E-state index contributed by atoms with van der Waals surface area (Å²) in [7, 11) is -5.22. The van der Waals surface area contributed by atoms with Gasteiger partial charge in [0.05, 0.1) is 0 Å². The van der Waals surface area contributed by atoms with Crippen molar-refractivity contribution in [3.63, 3.8) is 0 Å². The monoisotopic (exact) mass is 327 g/mol. The average molecular weight is 327 g/mol. The largest absolute Gasteiger partial charge is 0.694 e. The molecule has 0 rings (SSSR count). The number of rotatable bonds is 14. The summed E-state index contributed by atoms with van der Waals surface area (Å²) in [6.45, 7) is 8.15. The van der Waals surface area contributed by atoms with Gasteiger partial charge in [0.25, 0.3) is 0 Å². The Morgan fingerprint density at radius 3 is 1.70 bits per heavy atom. The van der Waals surface area contributed by atoms with Gasteiger partial charge in [-0.1, -0.05) is 20.8 Å². The highest BCUT2D eigenvalue weighted by molar-refractivity contribution is 7.32. The first-order chi connectivity index (χ1) is 9.60. The van der Waals surface area contributed by atoms with Gasteiger partial charge in [0.15, 0.2) is 0 Å². The maximum absolute atomic E-state index is 10.5. The smallest absolute Gasteiger partial charge is 0.373 e. The lowest BCUT2D eigenvalue weighted by atomic mass is 10.5. The van der Waals surface area contributed by atoms with Crippen molar-refractivity contribution in [1.29, 1.82) is 0 Å². The van der Waals surface area contributed by atoms with Gasteiger partial charge in [-0.25, -0.2) is 0 Å². The van der Waals surface area contributed by atoms with Crippen LogP contribution in [0.2, 0.25) is 6.04 Å². The van der Waals surface area contributed by atoms with E-state index in [0.717, 1.165) is 19.3 Å². The molecule has 0 fully saturated rings. The van der Waals surface area contributed by atoms with Crippen molar-refractivity contribution in [1.82, 2.24) is 0 Å². The molecule has 0 aromatic carbocycles. The van der Waals surface area contributed by atoms with Crippen LogP contribution in [0.15, 0.2) is 0 Å². The molecule has 1 N–H and O–H groups in total. The number of hydrogen-bond acceptors (Lipinski definition) is 5. The van der Waals surface area contributed by atoms with Gasteiger partial charge in [-0.3, -0.25) is 0 Å². The van der Waals surface area contributed by atoms with Crippen molar-refractivity contribution in [3.8, 4) is 0 Å². The summed E-state index contributed by atoms with van der Waals surface area (Å²) in [6, 6.07) is 0.607. The topological polar surface area (TPSA) is 74.2 Å². The molecule has 120 valence electrons. The molecule has 6 nitrogen and oxygen atoms in total. The van der Waals surface area contributed by atoms with Crippen LogP contribution in [0.1, 0.15) is 46.5 Å². The summed E-state index contributed by atoms with van der Waals surface area (Å²) >= 11 is 0. The molecule has 0 aromatic rings. The van der Waals surface area contributed by atoms with Crippen LogP contribution in [0.5, 0.6) is 0 Å². The van der Waals surface area contributed by atoms with Gasteiger partial charge in [0.1, 0.15) is 6.61 Å². The lowest BCUT2D eigenvalue weighted by molar-refractivity contribution is 0.0577. The zero-order chi connectivity index (χ0) is 15.3. The molecule has 0 amide bonds. The summed E-state index contributed by atoms with van der Waals surface area (Å²) in [5, 5.41) is 0. The van der Waals surface area contributed by atoms with Crippen LogP contribution in [0.4, 0.5) is 0 Å². The molecule has 0 heterocycles. The fraction of sp³-hybridized carbons (Fsp3) is 1.00. The molecular weight excluding hydrogens is 299 g/mol. The Bertz CT molecular complexity index is 232. The molecule has 20 heavy (non-hydrogen) atoms. The van der Waals surface area contributed by atoms with Gasteiger partial charge in [0.2, 0.25) is 0 Å². The second-order valence-corrected chi connectivity index (χ2v) is 7.87. The van der Waals surface area contributed by atoms with Crippen molar-refractivity contribution in [2.24, 2.45) is 0 Å². The van der Waals surface area contributed by atoms with Gasteiger partial charge in [0, 0.05) is 30.4 Å². The second-order valence-electron chi connectivity index (χ2n) is 4.40. The Morgan fingerprint density at radius 2 is 1.35 bits per heavy atom. The lowest BCUT2D eigenvalue weighted by Gasteiger charge is -2.29. The fourth-order valence-electron chi connectivity index (χ4n) is 1.55.